The van der Waals surface area contributed by atoms with Gasteiger partial charge in [-0.2, -0.15) is 0 Å². The van der Waals surface area contributed by atoms with Crippen molar-refractivity contribution in [1.29, 1.82) is 0 Å². The van der Waals surface area contributed by atoms with Crippen LogP contribution in [0.3, 0.4) is 0 Å². The molecule has 2 amide bonds. The fraction of sp³-hybridized carbons (Fsp3) is 0.391. The van der Waals surface area contributed by atoms with Crippen LogP contribution in [-0.4, -0.2) is 43.0 Å². The van der Waals surface area contributed by atoms with Crippen LogP contribution in [0.4, 0.5) is 0 Å². The second kappa shape index (κ2) is 9.40. The summed E-state index contributed by atoms with van der Waals surface area (Å²) in [6.45, 7) is 3.43. The van der Waals surface area contributed by atoms with Gasteiger partial charge in [0.1, 0.15) is 5.75 Å². The highest BCUT2D eigenvalue weighted by molar-refractivity contribution is 5.97. The van der Waals surface area contributed by atoms with Crippen LogP contribution < -0.4 is 10.1 Å². The van der Waals surface area contributed by atoms with Crippen LogP contribution in [0, 0.1) is 6.92 Å². The van der Waals surface area contributed by atoms with Gasteiger partial charge in [0.05, 0.1) is 12.7 Å². The molecule has 148 valence electrons. The molecule has 2 aromatic rings. The maximum atomic E-state index is 12.5. The number of benzene rings is 2. The predicted molar refractivity (Wildman–Crippen MR) is 110 cm³/mol. The van der Waals surface area contributed by atoms with E-state index in [1.165, 1.54) is 11.1 Å². The lowest BCUT2D eigenvalue weighted by molar-refractivity contribution is -0.132. The number of amides is 2. The molecule has 0 unspecified atom stereocenters. The molecular weight excluding hydrogens is 352 g/mol. The minimum Gasteiger partial charge on any atom is -0.496 e. The molecule has 0 radical (unpaired) electrons. The highest BCUT2D eigenvalue weighted by atomic mass is 16.5. The number of carbonyl (C=O) groups is 2. The zero-order valence-electron chi connectivity index (χ0n) is 16.6. The fourth-order valence-corrected chi connectivity index (χ4v) is 3.53. The molecule has 1 aliphatic rings. The van der Waals surface area contributed by atoms with Crippen LogP contribution in [-0.2, 0) is 11.2 Å². The highest BCUT2D eigenvalue weighted by Crippen LogP contribution is 2.19. The van der Waals surface area contributed by atoms with E-state index < -0.39 is 0 Å². The Morgan fingerprint density at radius 3 is 2.43 bits per heavy atom. The lowest BCUT2D eigenvalue weighted by Gasteiger charge is -2.32. The quantitative estimate of drug-likeness (QED) is 0.836. The number of hydrogen-bond donors (Lipinski definition) is 1. The molecule has 5 heteroatoms. The molecular formula is C23H28N2O3. The Bertz CT molecular complexity index is 809. The van der Waals surface area contributed by atoms with Gasteiger partial charge in [0.25, 0.3) is 5.91 Å². The summed E-state index contributed by atoms with van der Waals surface area (Å²) < 4.78 is 5.26. The van der Waals surface area contributed by atoms with Gasteiger partial charge in [0.15, 0.2) is 0 Å². The number of para-hydroxylation sites is 1. The van der Waals surface area contributed by atoms with Gasteiger partial charge in [-0.1, -0.05) is 42.0 Å². The van der Waals surface area contributed by atoms with Crippen molar-refractivity contribution in [2.24, 2.45) is 0 Å². The van der Waals surface area contributed by atoms with Crippen molar-refractivity contribution in [3.63, 3.8) is 0 Å². The second-order valence-electron chi connectivity index (χ2n) is 7.31. The van der Waals surface area contributed by atoms with E-state index in [0.29, 0.717) is 30.8 Å². The van der Waals surface area contributed by atoms with Gasteiger partial charge in [-0.15, -0.1) is 0 Å². The summed E-state index contributed by atoms with van der Waals surface area (Å²) >= 11 is 0. The van der Waals surface area contributed by atoms with E-state index in [1.54, 1.807) is 19.2 Å². The third kappa shape index (κ3) is 5.12. The average Bonchev–Trinajstić information content (AvgIpc) is 2.73. The van der Waals surface area contributed by atoms with Crippen LogP contribution in [0.1, 0.15) is 40.7 Å². The molecule has 0 aromatic heterocycles. The number of hydrogen-bond acceptors (Lipinski definition) is 3. The summed E-state index contributed by atoms with van der Waals surface area (Å²) in [5, 5.41) is 3.08. The second-order valence-corrected chi connectivity index (χ2v) is 7.31. The van der Waals surface area contributed by atoms with Gasteiger partial charge in [-0.25, -0.2) is 0 Å². The molecule has 1 saturated heterocycles. The largest absolute Gasteiger partial charge is 0.496 e. The van der Waals surface area contributed by atoms with Crippen LogP contribution in [0.25, 0.3) is 0 Å². The van der Waals surface area contributed by atoms with E-state index in [0.717, 1.165) is 19.3 Å². The molecule has 3 rings (SSSR count). The standard InChI is InChI=1S/C23H28N2O3/c1-17-7-9-18(10-8-17)11-12-22(26)25-15-13-19(14-16-25)24-23(27)20-5-3-4-6-21(20)28-2/h3-10,19H,11-16H2,1-2H3,(H,24,27). The number of carbonyl (C=O) groups excluding carboxylic acids is 2. The average molecular weight is 380 g/mol. The number of aryl methyl sites for hydroxylation is 2. The number of piperidine rings is 1. The summed E-state index contributed by atoms with van der Waals surface area (Å²) in [5.74, 6) is 0.639. The lowest BCUT2D eigenvalue weighted by Crippen LogP contribution is -2.46. The van der Waals surface area contributed by atoms with E-state index in [2.05, 4.69) is 36.5 Å². The van der Waals surface area contributed by atoms with Crippen molar-refractivity contribution < 1.29 is 14.3 Å². The Hall–Kier alpha value is -2.82. The monoisotopic (exact) mass is 380 g/mol. The number of ether oxygens (including phenoxy) is 1. The van der Waals surface area contributed by atoms with Crippen molar-refractivity contribution in [2.45, 2.75) is 38.6 Å². The first-order valence-electron chi connectivity index (χ1n) is 9.84. The highest BCUT2D eigenvalue weighted by Gasteiger charge is 2.24. The first-order valence-corrected chi connectivity index (χ1v) is 9.84. The molecule has 5 nitrogen and oxygen atoms in total. The minimum absolute atomic E-state index is 0.0820. The van der Waals surface area contributed by atoms with Crippen LogP contribution in [0.15, 0.2) is 48.5 Å². The first-order chi connectivity index (χ1) is 13.6. The normalized spacial score (nSPS) is 14.6. The van der Waals surface area contributed by atoms with E-state index in [9.17, 15) is 9.59 Å². The summed E-state index contributed by atoms with van der Waals surface area (Å²) in [5.41, 5.74) is 2.96. The summed E-state index contributed by atoms with van der Waals surface area (Å²) in [6, 6.07) is 15.6. The maximum Gasteiger partial charge on any atom is 0.255 e. The van der Waals surface area contributed by atoms with Crippen molar-refractivity contribution in [1.82, 2.24) is 10.2 Å². The molecule has 1 heterocycles. The van der Waals surface area contributed by atoms with Crippen molar-refractivity contribution in [3.05, 3.63) is 65.2 Å². The zero-order valence-corrected chi connectivity index (χ0v) is 16.6. The molecule has 0 atom stereocenters. The number of nitrogens with one attached hydrogen (secondary N) is 1. The van der Waals surface area contributed by atoms with Gasteiger partial charge in [0.2, 0.25) is 5.91 Å². The third-order valence-electron chi connectivity index (χ3n) is 5.28. The third-order valence-corrected chi connectivity index (χ3v) is 5.28. The number of rotatable bonds is 6. The van der Waals surface area contributed by atoms with E-state index in [1.807, 2.05) is 17.0 Å². The van der Waals surface area contributed by atoms with Gasteiger partial charge in [-0.05, 0) is 43.9 Å². The van der Waals surface area contributed by atoms with Crippen molar-refractivity contribution >= 4 is 11.8 Å². The van der Waals surface area contributed by atoms with E-state index >= 15 is 0 Å². The van der Waals surface area contributed by atoms with E-state index in [-0.39, 0.29) is 17.9 Å². The molecule has 1 aliphatic heterocycles. The van der Waals surface area contributed by atoms with E-state index in [4.69, 9.17) is 4.74 Å². The number of methoxy groups -OCH3 is 1. The molecule has 28 heavy (non-hydrogen) atoms. The Kier molecular flexibility index (Phi) is 6.69. The zero-order chi connectivity index (χ0) is 19.9. The van der Waals surface area contributed by atoms with Crippen molar-refractivity contribution in [3.8, 4) is 5.75 Å². The topological polar surface area (TPSA) is 58.6 Å². The van der Waals surface area contributed by atoms with Crippen LogP contribution in [0.2, 0.25) is 0 Å². The Morgan fingerprint density at radius 2 is 1.75 bits per heavy atom. The Labute approximate surface area is 166 Å². The van der Waals surface area contributed by atoms with Gasteiger partial charge >= 0.3 is 0 Å². The fourth-order valence-electron chi connectivity index (χ4n) is 3.53. The van der Waals surface area contributed by atoms with Gasteiger partial charge < -0.3 is 15.0 Å². The van der Waals surface area contributed by atoms with Crippen LogP contribution >= 0.6 is 0 Å². The predicted octanol–water partition coefficient (Wildman–Crippen LogP) is 3.36. The summed E-state index contributed by atoms with van der Waals surface area (Å²) in [6.07, 6.45) is 2.85. The summed E-state index contributed by atoms with van der Waals surface area (Å²) in [7, 11) is 1.56. The Balaban J connectivity index is 1.45. The molecule has 1 N–H and O–H groups in total. The first kappa shape index (κ1) is 19.9. The SMILES string of the molecule is COc1ccccc1C(=O)NC1CCN(C(=O)CCc2ccc(C)cc2)CC1. The molecule has 1 fully saturated rings. The van der Waals surface area contributed by atoms with Crippen molar-refractivity contribution in [2.75, 3.05) is 20.2 Å². The lowest BCUT2D eigenvalue weighted by atomic mass is 10.0. The molecule has 0 bridgehead atoms. The molecule has 0 aliphatic carbocycles. The number of likely N-dealkylation sites (tertiary alicyclic amines) is 1. The Morgan fingerprint density at radius 1 is 1.07 bits per heavy atom. The molecule has 0 saturated carbocycles. The maximum absolute atomic E-state index is 12.5. The van der Waals surface area contributed by atoms with Gasteiger partial charge in [-0.3, -0.25) is 9.59 Å². The molecule has 0 spiro atoms. The smallest absolute Gasteiger partial charge is 0.255 e. The van der Waals surface area contributed by atoms with Gasteiger partial charge in [0, 0.05) is 25.6 Å². The summed E-state index contributed by atoms with van der Waals surface area (Å²) in [4.78, 5) is 26.9. The van der Waals surface area contributed by atoms with Crippen LogP contribution in [0.5, 0.6) is 5.75 Å². The molecule has 2 aromatic carbocycles. The number of nitrogens with zero attached hydrogens (tertiary/aromatic N) is 1. The minimum atomic E-state index is -0.124.